The molecule has 0 aromatic heterocycles. The van der Waals surface area contributed by atoms with E-state index in [1.165, 1.54) is 32.1 Å². The van der Waals surface area contributed by atoms with E-state index in [9.17, 15) is 9.59 Å². The molecule has 5 heteroatoms. The summed E-state index contributed by atoms with van der Waals surface area (Å²) in [5.74, 6) is -1.96. The van der Waals surface area contributed by atoms with Gasteiger partial charge in [-0.1, -0.05) is 33.1 Å². The number of carbonyl (C=O) groups is 2. The number of rotatable bonds is 8. The van der Waals surface area contributed by atoms with Crippen molar-refractivity contribution in [1.29, 1.82) is 0 Å². The van der Waals surface area contributed by atoms with Gasteiger partial charge in [0.25, 0.3) is 0 Å². The number of carboxylic acid groups (broad SMARTS) is 2. The highest BCUT2D eigenvalue weighted by atomic mass is 16.4. The molecule has 1 aliphatic rings. The van der Waals surface area contributed by atoms with Gasteiger partial charge in [0.05, 0.1) is 11.8 Å². The van der Waals surface area contributed by atoms with E-state index < -0.39 is 23.8 Å². The summed E-state index contributed by atoms with van der Waals surface area (Å²) < 4.78 is 0. The molecule has 2 atom stereocenters. The maximum atomic E-state index is 11.0. The van der Waals surface area contributed by atoms with Crippen LogP contribution >= 0.6 is 0 Å². The van der Waals surface area contributed by atoms with Crippen LogP contribution in [-0.2, 0) is 9.59 Å². The molecule has 0 aromatic carbocycles. The van der Waals surface area contributed by atoms with Crippen molar-refractivity contribution in [3.63, 3.8) is 0 Å². The first-order valence-corrected chi connectivity index (χ1v) is 7.58. The van der Waals surface area contributed by atoms with Crippen molar-refractivity contribution in [1.82, 2.24) is 4.90 Å². The minimum Gasteiger partial charge on any atom is -0.481 e. The molecule has 20 heavy (non-hydrogen) atoms. The molecule has 1 saturated carbocycles. The zero-order valence-corrected chi connectivity index (χ0v) is 12.5. The Kier molecular flexibility index (Phi) is 6.99. The number of hydrogen-bond acceptors (Lipinski definition) is 3. The van der Waals surface area contributed by atoms with Gasteiger partial charge in [-0.3, -0.25) is 9.59 Å². The van der Waals surface area contributed by atoms with E-state index in [4.69, 9.17) is 10.2 Å². The highest BCUT2D eigenvalue weighted by Crippen LogP contribution is 2.25. The Morgan fingerprint density at radius 1 is 1.00 bits per heavy atom. The summed E-state index contributed by atoms with van der Waals surface area (Å²) in [6.07, 6.45) is 6.12. The topological polar surface area (TPSA) is 77.8 Å². The molecule has 0 spiro atoms. The highest BCUT2D eigenvalue weighted by molar-refractivity contribution is 5.70. The zero-order chi connectivity index (χ0) is 15.1. The van der Waals surface area contributed by atoms with E-state index >= 15 is 0 Å². The second-order valence-electron chi connectivity index (χ2n) is 6.20. The lowest BCUT2D eigenvalue weighted by Crippen LogP contribution is -2.40. The van der Waals surface area contributed by atoms with Gasteiger partial charge in [0.15, 0.2) is 0 Å². The first-order valence-electron chi connectivity index (χ1n) is 7.58. The molecule has 0 aromatic rings. The fourth-order valence-electron chi connectivity index (χ4n) is 2.89. The number of carboxylic acids is 2. The Bertz CT molecular complexity index is 304. The van der Waals surface area contributed by atoms with E-state index in [1.807, 2.05) is 4.90 Å². The molecule has 0 radical (unpaired) electrons. The Balaban J connectivity index is 2.57. The van der Waals surface area contributed by atoms with Crippen LogP contribution in [0.1, 0.15) is 46.0 Å². The Labute approximate surface area is 121 Å². The minimum atomic E-state index is -0.818. The molecule has 0 bridgehead atoms. The van der Waals surface area contributed by atoms with Crippen molar-refractivity contribution in [3.8, 4) is 0 Å². The van der Waals surface area contributed by atoms with Crippen molar-refractivity contribution >= 4 is 11.9 Å². The molecule has 116 valence electrons. The summed E-state index contributed by atoms with van der Waals surface area (Å²) in [4.78, 5) is 24.0. The normalized spacial score (nSPS) is 19.8. The van der Waals surface area contributed by atoms with Gasteiger partial charge in [0.1, 0.15) is 0 Å². The van der Waals surface area contributed by atoms with Crippen molar-refractivity contribution in [2.75, 3.05) is 19.6 Å². The van der Waals surface area contributed by atoms with E-state index in [0.29, 0.717) is 19.0 Å². The third-order valence-corrected chi connectivity index (χ3v) is 4.15. The summed E-state index contributed by atoms with van der Waals surface area (Å²) in [6, 6.07) is 0. The molecular weight excluding hydrogens is 258 g/mol. The monoisotopic (exact) mass is 285 g/mol. The summed E-state index contributed by atoms with van der Waals surface area (Å²) in [5.41, 5.74) is 0. The third-order valence-electron chi connectivity index (χ3n) is 4.15. The van der Waals surface area contributed by atoms with Crippen LogP contribution in [0.4, 0.5) is 0 Å². The molecule has 0 heterocycles. The number of nitrogens with zero attached hydrogens (tertiary/aromatic N) is 1. The van der Waals surface area contributed by atoms with Crippen LogP contribution in [0.15, 0.2) is 0 Å². The van der Waals surface area contributed by atoms with Gasteiger partial charge in [-0.15, -0.1) is 0 Å². The van der Waals surface area contributed by atoms with Crippen LogP contribution in [0.2, 0.25) is 0 Å². The van der Waals surface area contributed by atoms with Crippen LogP contribution in [0.5, 0.6) is 0 Å². The maximum absolute atomic E-state index is 11.0. The van der Waals surface area contributed by atoms with Gasteiger partial charge in [-0.05, 0) is 18.8 Å². The maximum Gasteiger partial charge on any atom is 0.307 e. The van der Waals surface area contributed by atoms with E-state index in [2.05, 4.69) is 0 Å². The Hall–Kier alpha value is -1.10. The van der Waals surface area contributed by atoms with Gasteiger partial charge in [-0.2, -0.15) is 0 Å². The highest BCUT2D eigenvalue weighted by Gasteiger charge is 2.24. The predicted octanol–water partition coefficient (Wildman–Crippen LogP) is 2.31. The number of hydrogen-bond donors (Lipinski definition) is 2. The van der Waals surface area contributed by atoms with E-state index in [1.54, 1.807) is 13.8 Å². The van der Waals surface area contributed by atoms with Crippen LogP contribution in [-0.4, -0.2) is 46.7 Å². The first kappa shape index (κ1) is 17.0. The first-order chi connectivity index (χ1) is 9.40. The summed E-state index contributed by atoms with van der Waals surface area (Å²) in [7, 11) is 0. The molecule has 1 fully saturated rings. The van der Waals surface area contributed by atoms with Crippen LogP contribution in [0, 0.1) is 17.8 Å². The van der Waals surface area contributed by atoms with Gasteiger partial charge in [0.2, 0.25) is 0 Å². The summed E-state index contributed by atoms with van der Waals surface area (Å²) in [5, 5.41) is 18.1. The van der Waals surface area contributed by atoms with Gasteiger partial charge >= 0.3 is 11.9 Å². The van der Waals surface area contributed by atoms with Crippen molar-refractivity contribution in [2.24, 2.45) is 17.8 Å². The smallest absolute Gasteiger partial charge is 0.307 e. The molecule has 1 aliphatic carbocycles. The third kappa shape index (κ3) is 5.90. The Morgan fingerprint density at radius 3 is 1.85 bits per heavy atom. The average molecular weight is 285 g/mol. The minimum absolute atomic E-state index is 0.434. The number of aliphatic carboxylic acids is 2. The van der Waals surface area contributed by atoms with Gasteiger partial charge < -0.3 is 15.1 Å². The quantitative estimate of drug-likeness (QED) is 0.715. The predicted molar refractivity (Wildman–Crippen MR) is 76.6 cm³/mol. The molecular formula is C15H27NO4. The lowest BCUT2D eigenvalue weighted by Gasteiger charge is -2.31. The van der Waals surface area contributed by atoms with Crippen molar-refractivity contribution in [3.05, 3.63) is 0 Å². The summed E-state index contributed by atoms with van der Waals surface area (Å²) in [6.45, 7) is 5.06. The summed E-state index contributed by atoms with van der Waals surface area (Å²) >= 11 is 0. The lowest BCUT2D eigenvalue weighted by atomic mass is 9.88. The van der Waals surface area contributed by atoms with Crippen LogP contribution in [0.3, 0.4) is 0 Å². The lowest BCUT2D eigenvalue weighted by molar-refractivity contribution is -0.142. The molecule has 0 saturated heterocycles. The van der Waals surface area contributed by atoms with Gasteiger partial charge in [0, 0.05) is 19.6 Å². The zero-order valence-electron chi connectivity index (χ0n) is 12.5. The second kappa shape index (κ2) is 8.25. The standard InChI is InChI=1S/C15H27NO4/c1-11(14(17)18)8-16(9-12(2)15(19)20)10-13-6-4-3-5-7-13/h11-13H,3-10H2,1-2H3,(H,17,18)(H,19,20). The fourth-order valence-corrected chi connectivity index (χ4v) is 2.89. The van der Waals surface area contributed by atoms with E-state index in [-0.39, 0.29) is 0 Å². The van der Waals surface area contributed by atoms with Crippen LogP contribution < -0.4 is 0 Å². The molecule has 5 nitrogen and oxygen atoms in total. The molecule has 1 rings (SSSR count). The van der Waals surface area contributed by atoms with Crippen LogP contribution in [0.25, 0.3) is 0 Å². The van der Waals surface area contributed by atoms with E-state index in [0.717, 1.165) is 6.54 Å². The average Bonchev–Trinajstić information content (AvgIpc) is 2.39. The molecule has 2 unspecified atom stereocenters. The van der Waals surface area contributed by atoms with Crippen molar-refractivity contribution in [2.45, 2.75) is 46.0 Å². The molecule has 0 aliphatic heterocycles. The largest absolute Gasteiger partial charge is 0.481 e. The van der Waals surface area contributed by atoms with Gasteiger partial charge in [-0.25, -0.2) is 0 Å². The SMILES string of the molecule is CC(CN(CC1CCCCC1)CC(C)C(=O)O)C(=O)O. The Morgan fingerprint density at radius 2 is 1.45 bits per heavy atom. The second-order valence-corrected chi connectivity index (χ2v) is 6.20. The van der Waals surface area contributed by atoms with Crippen molar-refractivity contribution < 1.29 is 19.8 Å². The molecule has 2 N–H and O–H groups in total. The molecule has 0 amide bonds. The fraction of sp³-hybridized carbons (Fsp3) is 0.867.